The Morgan fingerprint density at radius 2 is 2.08 bits per heavy atom. The first kappa shape index (κ1) is 15.6. The summed E-state index contributed by atoms with van der Waals surface area (Å²) in [6.07, 6.45) is 3.04. The highest BCUT2D eigenvalue weighted by Crippen LogP contribution is 2.25. The van der Waals surface area contributed by atoms with Gasteiger partial charge in [-0.15, -0.1) is 5.10 Å². The first-order valence-electron chi connectivity index (χ1n) is 7.58. The number of aromatic carboxylic acids is 1. The predicted molar refractivity (Wildman–Crippen MR) is 89.2 cm³/mol. The summed E-state index contributed by atoms with van der Waals surface area (Å²) in [5, 5.41) is 14.7. The summed E-state index contributed by atoms with van der Waals surface area (Å²) < 4.78 is 19.6. The standard InChI is InChI=1S/C15H12FN5O3S/c16-10-5-8-12(22)9(15(23)24)6-21(11-7-25-19-18-11)13(8)17-14(10)20-3-1-2-4-20/h5-7H,1-4H2,(H,23,24). The number of carboxylic acid groups (broad SMARTS) is 1. The Labute approximate surface area is 144 Å². The summed E-state index contributed by atoms with van der Waals surface area (Å²) in [5.41, 5.74) is -1.09. The van der Waals surface area contributed by atoms with Crippen molar-refractivity contribution in [1.29, 1.82) is 0 Å². The van der Waals surface area contributed by atoms with E-state index in [4.69, 9.17) is 0 Å². The molecule has 1 aliphatic heterocycles. The van der Waals surface area contributed by atoms with Crippen LogP contribution in [0.1, 0.15) is 23.2 Å². The molecule has 8 nitrogen and oxygen atoms in total. The molecule has 1 fully saturated rings. The number of carbonyl (C=O) groups is 1. The van der Waals surface area contributed by atoms with Crippen LogP contribution in [-0.4, -0.2) is 43.3 Å². The first-order valence-corrected chi connectivity index (χ1v) is 8.41. The molecule has 128 valence electrons. The summed E-state index contributed by atoms with van der Waals surface area (Å²) >= 11 is 1.07. The normalized spacial score (nSPS) is 14.4. The Morgan fingerprint density at radius 3 is 2.72 bits per heavy atom. The van der Waals surface area contributed by atoms with E-state index in [9.17, 15) is 19.1 Å². The van der Waals surface area contributed by atoms with Gasteiger partial charge in [0.1, 0.15) is 5.56 Å². The van der Waals surface area contributed by atoms with Crippen molar-refractivity contribution in [2.24, 2.45) is 0 Å². The van der Waals surface area contributed by atoms with E-state index in [1.54, 1.807) is 5.38 Å². The quantitative estimate of drug-likeness (QED) is 0.757. The maximum absolute atomic E-state index is 14.5. The number of hydrogen-bond donors (Lipinski definition) is 1. The largest absolute Gasteiger partial charge is 0.477 e. The van der Waals surface area contributed by atoms with Crippen LogP contribution in [0.5, 0.6) is 0 Å². The molecule has 1 N–H and O–H groups in total. The number of carboxylic acids is 1. The van der Waals surface area contributed by atoms with Crippen molar-refractivity contribution in [3.63, 3.8) is 0 Å². The third-order valence-electron chi connectivity index (χ3n) is 4.14. The van der Waals surface area contributed by atoms with Gasteiger partial charge in [0.05, 0.1) is 10.8 Å². The number of rotatable bonds is 3. The highest BCUT2D eigenvalue weighted by molar-refractivity contribution is 7.03. The van der Waals surface area contributed by atoms with Gasteiger partial charge in [0, 0.05) is 19.3 Å². The van der Waals surface area contributed by atoms with Crippen molar-refractivity contribution >= 4 is 34.4 Å². The monoisotopic (exact) mass is 361 g/mol. The SMILES string of the molecule is O=C(O)c1cn(-c2csnn2)c2nc(N3CCCC3)c(F)cc2c1=O. The molecule has 0 spiro atoms. The molecule has 1 aliphatic rings. The number of nitrogens with zero attached hydrogens (tertiary/aromatic N) is 5. The Morgan fingerprint density at radius 1 is 1.32 bits per heavy atom. The lowest BCUT2D eigenvalue weighted by atomic mass is 10.2. The van der Waals surface area contributed by atoms with E-state index in [1.165, 1.54) is 4.57 Å². The zero-order valence-corrected chi connectivity index (χ0v) is 13.7. The van der Waals surface area contributed by atoms with Crippen LogP contribution in [0.15, 0.2) is 22.4 Å². The number of anilines is 1. The molecule has 0 amide bonds. The van der Waals surface area contributed by atoms with Crippen LogP contribution in [0, 0.1) is 5.82 Å². The molecule has 4 rings (SSSR count). The lowest BCUT2D eigenvalue weighted by Gasteiger charge is -2.18. The van der Waals surface area contributed by atoms with Crippen molar-refractivity contribution in [1.82, 2.24) is 19.1 Å². The molecule has 25 heavy (non-hydrogen) atoms. The molecular weight excluding hydrogens is 349 g/mol. The van der Waals surface area contributed by atoms with Crippen LogP contribution in [-0.2, 0) is 0 Å². The number of hydrogen-bond acceptors (Lipinski definition) is 7. The molecule has 3 aromatic rings. The Hall–Kier alpha value is -2.88. The van der Waals surface area contributed by atoms with Gasteiger partial charge in [-0.1, -0.05) is 4.49 Å². The van der Waals surface area contributed by atoms with Crippen molar-refractivity contribution in [3.8, 4) is 5.82 Å². The van der Waals surface area contributed by atoms with Crippen molar-refractivity contribution in [3.05, 3.63) is 39.2 Å². The third-order valence-corrected chi connectivity index (χ3v) is 4.64. The Balaban J connectivity index is 2.06. The van der Waals surface area contributed by atoms with Gasteiger partial charge in [-0.2, -0.15) is 0 Å². The Kier molecular flexibility index (Phi) is 3.68. The molecule has 0 unspecified atom stereocenters. The van der Waals surface area contributed by atoms with Gasteiger partial charge in [-0.3, -0.25) is 9.36 Å². The highest BCUT2D eigenvalue weighted by atomic mass is 32.1. The number of pyridine rings is 2. The molecule has 0 aliphatic carbocycles. The number of fused-ring (bicyclic) bond motifs is 1. The molecule has 0 saturated carbocycles. The highest BCUT2D eigenvalue weighted by Gasteiger charge is 2.23. The minimum atomic E-state index is -1.40. The van der Waals surface area contributed by atoms with E-state index in [-0.39, 0.29) is 16.9 Å². The van der Waals surface area contributed by atoms with Gasteiger partial charge >= 0.3 is 5.97 Å². The molecule has 0 aromatic carbocycles. The molecule has 0 radical (unpaired) electrons. The second kappa shape index (κ2) is 5.88. The summed E-state index contributed by atoms with van der Waals surface area (Å²) in [6.45, 7) is 1.37. The van der Waals surface area contributed by atoms with Gasteiger partial charge in [-0.05, 0) is 30.4 Å². The van der Waals surface area contributed by atoms with Gasteiger partial charge in [0.15, 0.2) is 23.1 Å². The van der Waals surface area contributed by atoms with Crippen molar-refractivity contribution in [2.75, 3.05) is 18.0 Å². The fraction of sp³-hybridized carbons (Fsp3) is 0.267. The van der Waals surface area contributed by atoms with Crippen LogP contribution in [0.25, 0.3) is 16.9 Å². The zero-order chi connectivity index (χ0) is 17.6. The van der Waals surface area contributed by atoms with E-state index in [0.29, 0.717) is 18.9 Å². The van der Waals surface area contributed by atoms with Gasteiger partial charge in [-0.25, -0.2) is 14.2 Å². The van der Waals surface area contributed by atoms with Crippen LogP contribution in [0.4, 0.5) is 10.2 Å². The topological polar surface area (TPSA) is 101 Å². The first-order chi connectivity index (χ1) is 12.1. The molecule has 1 saturated heterocycles. The van der Waals surface area contributed by atoms with Gasteiger partial charge < -0.3 is 10.0 Å². The van der Waals surface area contributed by atoms with E-state index in [2.05, 4.69) is 14.6 Å². The molecular formula is C15H12FN5O3S. The van der Waals surface area contributed by atoms with Gasteiger partial charge in [0.2, 0.25) is 5.43 Å². The summed E-state index contributed by atoms with van der Waals surface area (Å²) in [4.78, 5) is 30.0. The molecule has 4 heterocycles. The van der Waals surface area contributed by atoms with Crippen molar-refractivity contribution < 1.29 is 14.3 Å². The molecule has 10 heteroatoms. The summed E-state index contributed by atoms with van der Waals surface area (Å²) in [6, 6.07) is 1.06. The fourth-order valence-corrected chi connectivity index (χ4v) is 3.39. The molecule has 0 atom stereocenters. The third kappa shape index (κ3) is 2.54. The lowest BCUT2D eigenvalue weighted by molar-refractivity contribution is 0.0695. The predicted octanol–water partition coefficient (Wildman–Crippen LogP) is 1.67. The maximum atomic E-state index is 14.5. The van der Waals surface area contributed by atoms with Crippen LogP contribution in [0.2, 0.25) is 0 Å². The average Bonchev–Trinajstić information content (AvgIpc) is 3.28. The second-order valence-electron chi connectivity index (χ2n) is 5.67. The van der Waals surface area contributed by atoms with E-state index >= 15 is 0 Å². The van der Waals surface area contributed by atoms with Crippen LogP contribution in [0.3, 0.4) is 0 Å². The number of aromatic nitrogens is 4. The minimum Gasteiger partial charge on any atom is -0.477 e. The second-order valence-corrected chi connectivity index (χ2v) is 6.28. The van der Waals surface area contributed by atoms with Crippen LogP contribution >= 0.6 is 11.5 Å². The van der Waals surface area contributed by atoms with E-state index < -0.39 is 22.8 Å². The summed E-state index contributed by atoms with van der Waals surface area (Å²) in [7, 11) is 0. The minimum absolute atomic E-state index is 0.103. The van der Waals surface area contributed by atoms with Gasteiger partial charge in [0.25, 0.3) is 0 Å². The molecule has 3 aromatic heterocycles. The zero-order valence-electron chi connectivity index (χ0n) is 12.8. The van der Waals surface area contributed by atoms with Crippen molar-refractivity contribution in [2.45, 2.75) is 12.8 Å². The van der Waals surface area contributed by atoms with E-state index in [1.807, 2.05) is 4.90 Å². The average molecular weight is 361 g/mol. The smallest absolute Gasteiger partial charge is 0.341 e. The van der Waals surface area contributed by atoms with E-state index in [0.717, 1.165) is 36.6 Å². The maximum Gasteiger partial charge on any atom is 0.341 e. The fourth-order valence-electron chi connectivity index (χ4n) is 2.96. The number of halogens is 1. The Bertz CT molecular complexity index is 1030. The summed E-state index contributed by atoms with van der Waals surface area (Å²) in [5.74, 6) is -1.56. The van der Waals surface area contributed by atoms with Crippen LogP contribution < -0.4 is 10.3 Å². The molecule has 0 bridgehead atoms. The lowest BCUT2D eigenvalue weighted by Crippen LogP contribution is -2.23.